The standard InChI is InChI=1S/C11H3Cl2F4N/c12-5-2-1-4(3-6(5)13)7-8(14)10(16)18-11(17)9(7)15/h1-3H. The maximum atomic E-state index is 13.4. The molecule has 1 heterocycles. The zero-order chi connectivity index (χ0) is 13.4. The molecule has 18 heavy (non-hydrogen) atoms. The second-order valence-electron chi connectivity index (χ2n) is 3.33. The van der Waals surface area contributed by atoms with Crippen LogP contribution in [0.3, 0.4) is 0 Å². The van der Waals surface area contributed by atoms with E-state index in [1.165, 1.54) is 12.1 Å². The fourth-order valence-corrected chi connectivity index (χ4v) is 1.69. The number of aromatic nitrogens is 1. The van der Waals surface area contributed by atoms with Gasteiger partial charge in [-0.2, -0.15) is 13.8 Å². The molecule has 0 saturated heterocycles. The summed E-state index contributed by atoms with van der Waals surface area (Å²) in [7, 11) is 0. The van der Waals surface area contributed by atoms with Crippen LogP contribution in [0.15, 0.2) is 18.2 Å². The molecule has 0 aliphatic carbocycles. The van der Waals surface area contributed by atoms with Crippen LogP contribution in [0.2, 0.25) is 10.0 Å². The van der Waals surface area contributed by atoms with E-state index in [1.54, 1.807) is 0 Å². The summed E-state index contributed by atoms with van der Waals surface area (Å²) in [4.78, 5) is 2.46. The molecule has 0 aliphatic rings. The van der Waals surface area contributed by atoms with Crippen LogP contribution < -0.4 is 0 Å². The van der Waals surface area contributed by atoms with Gasteiger partial charge in [-0.3, -0.25) is 0 Å². The van der Waals surface area contributed by atoms with E-state index in [4.69, 9.17) is 23.2 Å². The number of hydrogen-bond acceptors (Lipinski definition) is 1. The fourth-order valence-electron chi connectivity index (χ4n) is 1.39. The van der Waals surface area contributed by atoms with E-state index in [-0.39, 0.29) is 15.6 Å². The van der Waals surface area contributed by atoms with E-state index in [2.05, 4.69) is 4.98 Å². The molecule has 1 aromatic heterocycles. The first-order valence-corrected chi connectivity index (χ1v) is 5.33. The first-order chi connectivity index (χ1) is 8.41. The van der Waals surface area contributed by atoms with Crippen molar-refractivity contribution in [1.82, 2.24) is 4.98 Å². The lowest BCUT2D eigenvalue weighted by Crippen LogP contribution is -2.02. The van der Waals surface area contributed by atoms with Crippen molar-refractivity contribution in [1.29, 1.82) is 0 Å². The second kappa shape index (κ2) is 4.74. The van der Waals surface area contributed by atoms with Gasteiger partial charge in [0.1, 0.15) is 0 Å². The van der Waals surface area contributed by atoms with Crippen LogP contribution in [0.4, 0.5) is 17.6 Å². The van der Waals surface area contributed by atoms with Crippen LogP contribution in [0, 0.1) is 23.5 Å². The van der Waals surface area contributed by atoms with Crippen molar-refractivity contribution in [3.05, 3.63) is 51.8 Å². The molecule has 2 aromatic rings. The highest BCUT2D eigenvalue weighted by atomic mass is 35.5. The number of nitrogens with zero attached hydrogens (tertiary/aromatic N) is 1. The van der Waals surface area contributed by atoms with Crippen molar-refractivity contribution in [2.45, 2.75) is 0 Å². The van der Waals surface area contributed by atoms with Gasteiger partial charge in [-0.1, -0.05) is 29.3 Å². The monoisotopic (exact) mass is 295 g/mol. The van der Waals surface area contributed by atoms with Crippen molar-refractivity contribution in [3.63, 3.8) is 0 Å². The lowest BCUT2D eigenvalue weighted by molar-refractivity contribution is 0.410. The molecule has 0 aliphatic heterocycles. The summed E-state index contributed by atoms with van der Waals surface area (Å²) in [5, 5.41) is 0.154. The molecule has 0 spiro atoms. The van der Waals surface area contributed by atoms with Gasteiger partial charge < -0.3 is 0 Å². The molecule has 0 radical (unpaired) electrons. The highest BCUT2D eigenvalue weighted by Crippen LogP contribution is 2.32. The van der Waals surface area contributed by atoms with Gasteiger partial charge in [0.2, 0.25) is 0 Å². The second-order valence-corrected chi connectivity index (χ2v) is 4.14. The SMILES string of the molecule is Fc1nc(F)c(F)c(-c2ccc(Cl)c(Cl)c2)c1F. The Morgan fingerprint density at radius 1 is 0.833 bits per heavy atom. The minimum absolute atomic E-state index is 0.00518. The molecular weight excluding hydrogens is 293 g/mol. The molecule has 0 N–H and O–H groups in total. The predicted octanol–water partition coefficient (Wildman–Crippen LogP) is 4.61. The normalized spacial score (nSPS) is 10.8. The molecule has 0 atom stereocenters. The molecule has 0 amide bonds. The highest BCUT2D eigenvalue weighted by Gasteiger charge is 2.22. The number of pyridine rings is 1. The molecule has 0 saturated carbocycles. The fraction of sp³-hybridized carbons (Fsp3) is 0. The number of benzene rings is 1. The predicted molar refractivity (Wildman–Crippen MR) is 59.5 cm³/mol. The topological polar surface area (TPSA) is 12.9 Å². The molecule has 0 unspecified atom stereocenters. The van der Waals surface area contributed by atoms with Gasteiger partial charge in [-0.25, -0.2) is 8.78 Å². The van der Waals surface area contributed by atoms with Gasteiger partial charge in [-0.05, 0) is 17.7 Å². The third-order valence-corrected chi connectivity index (χ3v) is 2.94. The summed E-state index contributed by atoms with van der Waals surface area (Å²) < 4.78 is 52.7. The Morgan fingerprint density at radius 3 is 1.89 bits per heavy atom. The summed E-state index contributed by atoms with van der Waals surface area (Å²) >= 11 is 11.3. The summed E-state index contributed by atoms with van der Waals surface area (Å²) in [6.45, 7) is 0. The van der Waals surface area contributed by atoms with E-state index >= 15 is 0 Å². The van der Waals surface area contributed by atoms with Gasteiger partial charge in [-0.15, -0.1) is 0 Å². The summed E-state index contributed by atoms with van der Waals surface area (Å²) in [5.74, 6) is -6.63. The van der Waals surface area contributed by atoms with Crippen molar-refractivity contribution in [2.24, 2.45) is 0 Å². The zero-order valence-electron chi connectivity index (χ0n) is 8.45. The molecule has 1 aromatic carbocycles. The van der Waals surface area contributed by atoms with E-state index in [0.717, 1.165) is 6.07 Å². The van der Waals surface area contributed by atoms with Gasteiger partial charge in [0.15, 0.2) is 11.6 Å². The first kappa shape index (κ1) is 13.1. The van der Waals surface area contributed by atoms with Crippen molar-refractivity contribution < 1.29 is 17.6 Å². The number of rotatable bonds is 1. The molecule has 0 bridgehead atoms. The van der Waals surface area contributed by atoms with Gasteiger partial charge in [0, 0.05) is 0 Å². The molecule has 0 fully saturated rings. The summed E-state index contributed by atoms with van der Waals surface area (Å²) in [6, 6.07) is 3.55. The zero-order valence-corrected chi connectivity index (χ0v) is 9.96. The van der Waals surface area contributed by atoms with Gasteiger partial charge in [0.25, 0.3) is 11.9 Å². The molecular formula is C11H3Cl2F4N. The minimum atomic E-state index is -1.73. The number of halogens is 6. The Balaban J connectivity index is 2.74. The lowest BCUT2D eigenvalue weighted by atomic mass is 10.1. The Labute approximate surface area is 109 Å². The lowest BCUT2D eigenvalue weighted by Gasteiger charge is -2.07. The van der Waals surface area contributed by atoms with Crippen LogP contribution in [0.25, 0.3) is 11.1 Å². The van der Waals surface area contributed by atoms with Crippen LogP contribution >= 0.6 is 23.2 Å². The molecule has 94 valence electrons. The average Bonchev–Trinajstić information content (AvgIpc) is 2.31. The molecule has 1 nitrogen and oxygen atoms in total. The Hall–Kier alpha value is -1.33. The third kappa shape index (κ3) is 2.15. The first-order valence-electron chi connectivity index (χ1n) is 4.57. The van der Waals surface area contributed by atoms with Crippen molar-refractivity contribution >= 4 is 23.2 Å². The quantitative estimate of drug-likeness (QED) is 0.553. The van der Waals surface area contributed by atoms with Crippen LogP contribution in [-0.4, -0.2) is 4.98 Å². The maximum absolute atomic E-state index is 13.4. The molecule has 2 rings (SSSR count). The Kier molecular flexibility index (Phi) is 3.45. The Bertz CT molecular complexity index is 605. The Morgan fingerprint density at radius 2 is 1.39 bits per heavy atom. The van der Waals surface area contributed by atoms with Crippen LogP contribution in [0.1, 0.15) is 0 Å². The van der Waals surface area contributed by atoms with E-state index < -0.39 is 29.1 Å². The van der Waals surface area contributed by atoms with E-state index in [0.29, 0.717) is 0 Å². The smallest absolute Gasteiger partial charge is 0.201 e. The van der Waals surface area contributed by atoms with Crippen molar-refractivity contribution in [2.75, 3.05) is 0 Å². The van der Waals surface area contributed by atoms with Crippen LogP contribution in [0.5, 0.6) is 0 Å². The largest absolute Gasteiger partial charge is 0.252 e. The van der Waals surface area contributed by atoms with Crippen molar-refractivity contribution in [3.8, 4) is 11.1 Å². The third-order valence-electron chi connectivity index (χ3n) is 2.21. The van der Waals surface area contributed by atoms with Gasteiger partial charge in [0.05, 0.1) is 15.6 Å². The minimum Gasteiger partial charge on any atom is -0.201 e. The number of hydrogen-bond donors (Lipinski definition) is 0. The van der Waals surface area contributed by atoms with Gasteiger partial charge >= 0.3 is 0 Å². The summed E-state index contributed by atoms with van der Waals surface area (Å²) in [5.41, 5.74) is -1.02. The average molecular weight is 296 g/mol. The van der Waals surface area contributed by atoms with Crippen LogP contribution in [-0.2, 0) is 0 Å². The molecule has 7 heteroatoms. The maximum Gasteiger partial charge on any atom is 0.252 e. The van der Waals surface area contributed by atoms with E-state index in [1.807, 2.05) is 0 Å². The van der Waals surface area contributed by atoms with E-state index in [9.17, 15) is 17.6 Å². The highest BCUT2D eigenvalue weighted by molar-refractivity contribution is 6.42. The summed E-state index contributed by atoms with van der Waals surface area (Å²) in [6.07, 6.45) is 0.